The summed E-state index contributed by atoms with van der Waals surface area (Å²) < 4.78 is 13.6. The van der Waals surface area contributed by atoms with Gasteiger partial charge in [-0.05, 0) is 43.5 Å². The first-order valence-electron chi connectivity index (χ1n) is 8.37. The minimum absolute atomic E-state index is 0.0821. The van der Waals surface area contributed by atoms with Crippen molar-refractivity contribution in [1.29, 1.82) is 0 Å². The number of rotatable bonds is 4. The number of halogens is 1. The second kappa shape index (κ2) is 7.05. The number of carbonyl (C=O) groups excluding carboxylic acids is 2. The third-order valence-electron chi connectivity index (χ3n) is 4.80. The minimum atomic E-state index is -0.716. The van der Waals surface area contributed by atoms with E-state index in [1.807, 2.05) is 32.0 Å². The number of amides is 2. The standard InChI is InChI=1S/C20H21FN2O2/c1-13-6-5-9-18(14(13)2)23-11-10-16(20(23)25)19(24)22-12-15-7-3-4-8-17(15)21/h3-9,16H,10-12H2,1-2H3,(H,22,24). The van der Waals surface area contributed by atoms with E-state index in [1.165, 1.54) is 6.07 Å². The summed E-state index contributed by atoms with van der Waals surface area (Å²) in [7, 11) is 0. The SMILES string of the molecule is Cc1cccc(N2CCC(C(=O)NCc3ccccc3F)C2=O)c1C. The van der Waals surface area contributed by atoms with Gasteiger partial charge < -0.3 is 10.2 Å². The number of nitrogens with zero attached hydrogens (tertiary/aromatic N) is 1. The van der Waals surface area contributed by atoms with E-state index in [2.05, 4.69) is 5.32 Å². The fourth-order valence-electron chi connectivity index (χ4n) is 3.14. The number of carbonyl (C=O) groups is 2. The van der Waals surface area contributed by atoms with Crippen LogP contribution in [0.1, 0.15) is 23.1 Å². The third kappa shape index (κ3) is 3.40. The number of benzene rings is 2. The highest BCUT2D eigenvalue weighted by Crippen LogP contribution is 2.29. The molecule has 1 atom stereocenters. The molecule has 4 nitrogen and oxygen atoms in total. The maximum atomic E-state index is 13.6. The van der Waals surface area contributed by atoms with Crippen molar-refractivity contribution in [1.82, 2.24) is 5.32 Å². The molecule has 1 aliphatic heterocycles. The van der Waals surface area contributed by atoms with E-state index in [4.69, 9.17) is 0 Å². The molecule has 0 saturated carbocycles. The van der Waals surface area contributed by atoms with Crippen LogP contribution in [0, 0.1) is 25.6 Å². The molecular formula is C20H21FN2O2. The van der Waals surface area contributed by atoms with Crippen molar-refractivity contribution in [3.63, 3.8) is 0 Å². The van der Waals surface area contributed by atoms with Gasteiger partial charge in [0.2, 0.25) is 11.8 Å². The van der Waals surface area contributed by atoms with Crippen LogP contribution in [0.4, 0.5) is 10.1 Å². The van der Waals surface area contributed by atoms with Crippen molar-refractivity contribution in [2.75, 3.05) is 11.4 Å². The summed E-state index contributed by atoms with van der Waals surface area (Å²) in [5.74, 6) is -1.62. The molecule has 0 radical (unpaired) electrons. The van der Waals surface area contributed by atoms with Gasteiger partial charge >= 0.3 is 0 Å². The van der Waals surface area contributed by atoms with Crippen LogP contribution in [0.5, 0.6) is 0 Å². The van der Waals surface area contributed by atoms with Crippen molar-refractivity contribution in [2.45, 2.75) is 26.8 Å². The Hall–Kier alpha value is -2.69. The largest absolute Gasteiger partial charge is 0.351 e. The van der Waals surface area contributed by atoms with E-state index < -0.39 is 5.92 Å². The van der Waals surface area contributed by atoms with Crippen LogP contribution in [0.15, 0.2) is 42.5 Å². The Morgan fingerprint density at radius 1 is 1.20 bits per heavy atom. The van der Waals surface area contributed by atoms with Crippen molar-refractivity contribution in [3.05, 3.63) is 65.0 Å². The van der Waals surface area contributed by atoms with Crippen LogP contribution >= 0.6 is 0 Å². The summed E-state index contributed by atoms with van der Waals surface area (Å²) in [5, 5.41) is 2.68. The van der Waals surface area contributed by atoms with Crippen LogP contribution in [-0.2, 0) is 16.1 Å². The molecule has 0 spiro atoms. The Morgan fingerprint density at radius 3 is 2.72 bits per heavy atom. The molecule has 1 fully saturated rings. The summed E-state index contributed by atoms with van der Waals surface area (Å²) in [5.41, 5.74) is 3.42. The summed E-state index contributed by atoms with van der Waals surface area (Å²) in [4.78, 5) is 26.7. The second-order valence-electron chi connectivity index (χ2n) is 6.36. The van der Waals surface area contributed by atoms with Gasteiger partial charge in [0, 0.05) is 24.3 Å². The highest BCUT2D eigenvalue weighted by molar-refractivity contribution is 6.09. The molecule has 130 valence electrons. The van der Waals surface area contributed by atoms with Crippen molar-refractivity contribution >= 4 is 17.5 Å². The van der Waals surface area contributed by atoms with Crippen molar-refractivity contribution in [2.24, 2.45) is 5.92 Å². The zero-order valence-electron chi connectivity index (χ0n) is 14.4. The lowest BCUT2D eigenvalue weighted by atomic mass is 10.1. The van der Waals surface area contributed by atoms with Gasteiger partial charge in [-0.15, -0.1) is 0 Å². The lowest BCUT2D eigenvalue weighted by molar-refractivity contribution is -0.132. The van der Waals surface area contributed by atoms with Gasteiger partial charge in [0.05, 0.1) is 0 Å². The van der Waals surface area contributed by atoms with Gasteiger partial charge in [-0.25, -0.2) is 4.39 Å². The molecule has 1 aliphatic rings. The number of aryl methyl sites for hydroxylation is 1. The van der Waals surface area contributed by atoms with Crippen molar-refractivity contribution in [3.8, 4) is 0 Å². The predicted octanol–water partition coefficient (Wildman–Crippen LogP) is 3.11. The first kappa shape index (κ1) is 17.1. The summed E-state index contributed by atoms with van der Waals surface area (Å²) in [6, 6.07) is 12.1. The fourth-order valence-corrected chi connectivity index (χ4v) is 3.14. The van der Waals surface area contributed by atoms with Gasteiger partial charge in [-0.1, -0.05) is 30.3 Å². The second-order valence-corrected chi connectivity index (χ2v) is 6.36. The van der Waals surface area contributed by atoms with Crippen LogP contribution in [0.2, 0.25) is 0 Å². The molecule has 1 heterocycles. The Balaban J connectivity index is 1.68. The van der Waals surface area contributed by atoms with Crippen LogP contribution < -0.4 is 10.2 Å². The molecular weight excluding hydrogens is 319 g/mol. The number of nitrogens with one attached hydrogen (secondary N) is 1. The average Bonchev–Trinajstić information content (AvgIpc) is 2.98. The molecule has 1 saturated heterocycles. The third-order valence-corrected chi connectivity index (χ3v) is 4.80. The molecule has 25 heavy (non-hydrogen) atoms. The monoisotopic (exact) mass is 340 g/mol. The quantitative estimate of drug-likeness (QED) is 0.870. The summed E-state index contributed by atoms with van der Waals surface area (Å²) >= 11 is 0. The molecule has 0 aromatic heterocycles. The average molecular weight is 340 g/mol. The van der Waals surface area contributed by atoms with Crippen LogP contribution in [0.3, 0.4) is 0 Å². The van der Waals surface area contributed by atoms with E-state index in [1.54, 1.807) is 23.1 Å². The minimum Gasteiger partial charge on any atom is -0.351 e. The molecule has 3 rings (SSSR count). The summed E-state index contributed by atoms with van der Waals surface area (Å²) in [6.07, 6.45) is 0.468. The highest BCUT2D eigenvalue weighted by atomic mass is 19.1. The number of hydrogen-bond acceptors (Lipinski definition) is 2. The zero-order chi connectivity index (χ0) is 18.0. The molecule has 5 heteroatoms. The van der Waals surface area contributed by atoms with Gasteiger partial charge in [0.1, 0.15) is 11.7 Å². The number of hydrogen-bond donors (Lipinski definition) is 1. The Bertz CT molecular complexity index is 819. The Labute approximate surface area is 146 Å². The van der Waals surface area contributed by atoms with Crippen LogP contribution in [-0.4, -0.2) is 18.4 Å². The summed E-state index contributed by atoms with van der Waals surface area (Å²) in [6.45, 7) is 4.57. The first-order chi connectivity index (χ1) is 12.0. The van der Waals surface area contributed by atoms with E-state index >= 15 is 0 Å². The predicted molar refractivity (Wildman–Crippen MR) is 94.6 cm³/mol. The van der Waals surface area contributed by atoms with Gasteiger partial charge in [0.25, 0.3) is 0 Å². The van der Waals surface area contributed by atoms with Crippen LogP contribution in [0.25, 0.3) is 0 Å². The van der Waals surface area contributed by atoms with Gasteiger partial charge in [0.15, 0.2) is 0 Å². The molecule has 0 aliphatic carbocycles. The maximum Gasteiger partial charge on any atom is 0.239 e. The highest BCUT2D eigenvalue weighted by Gasteiger charge is 2.38. The normalized spacial score (nSPS) is 17.0. The molecule has 2 amide bonds. The molecule has 0 bridgehead atoms. The Morgan fingerprint density at radius 2 is 1.96 bits per heavy atom. The van der Waals surface area contributed by atoms with Gasteiger partial charge in [-0.3, -0.25) is 9.59 Å². The number of anilines is 1. The first-order valence-corrected chi connectivity index (χ1v) is 8.37. The topological polar surface area (TPSA) is 49.4 Å². The van der Waals surface area contributed by atoms with E-state index in [0.717, 1.165) is 16.8 Å². The molecule has 2 aromatic rings. The fraction of sp³-hybridized carbons (Fsp3) is 0.300. The van der Waals surface area contributed by atoms with Crippen molar-refractivity contribution < 1.29 is 14.0 Å². The van der Waals surface area contributed by atoms with E-state index in [-0.39, 0.29) is 24.2 Å². The zero-order valence-corrected chi connectivity index (χ0v) is 14.4. The lowest BCUT2D eigenvalue weighted by Crippen LogP contribution is -2.36. The smallest absolute Gasteiger partial charge is 0.239 e. The maximum absolute atomic E-state index is 13.6. The lowest BCUT2D eigenvalue weighted by Gasteiger charge is -2.20. The van der Waals surface area contributed by atoms with E-state index in [0.29, 0.717) is 18.5 Å². The van der Waals surface area contributed by atoms with E-state index in [9.17, 15) is 14.0 Å². The molecule has 1 unspecified atom stereocenters. The molecule has 1 N–H and O–H groups in total. The Kier molecular flexibility index (Phi) is 4.83. The molecule has 2 aromatic carbocycles. The van der Waals surface area contributed by atoms with Gasteiger partial charge in [-0.2, -0.15) is 0 Å².